The molecule has 2 atom stereocenters. The number of nitrogens with two attached hydrogens (primary N) is 1. The number of hydrogen-bond acceptors (Lipinski definition) is 3. The Bertz CT molecular complexity index is 233. The molecule has 1 aliphatic rings. The number of amides is 1. The van der Waals surface area contributed by atoms with E-state index in [1.807, 2.05) is 19.0 Å². The topological polar surface area (TPSA) is 58.4 Å². The molecule has 0 heterocycles. The highest BCUT2D eigenvalue weighted by atomic mass is 16.2. The van der Waals surface area contributed by atoms with E-state index in [9.17, 15) is 4.79 Å². The van der Waals surface area contributed by atoms with Crippen molar-refractivity contribution in [2.24, 2.45) is 17.6 Å². The molecule has 1 aliphatic carbocycles. The zero-order chi connectivity index (χ0) is 12.7. The van der Waals surface area contributed by atoms with E-state index in [-0.39, 0.29) is 5.92 Å². The third-order valence-corrected chi connectivity index (χ3v) is 3.83. The largest absolute Gasteiger partial charge is 0.345 e. The molecule has 1 fully saturated rings. The molecule has 0 aromatic carbocycles. The van der Waals surface area contributed by atoms with Crippen molar-refractivity contribution >= 4 is 5.91 Å². The zero-order valence-corrected chi connectivity index (χ0v) is 11.2. The van der Waals surface area contributed by atoms with Gasteiger partial charge in [-0.1, -0.05) is 12.8 Å². The first kappa shape index (κ1) is 14.5. The van der Waals surface area contributed by atoms with E-state index in [0.717, 1.165) is 32.4 Å². The van der Waals surface area contributed by atoms with Crippen molar-refractivity contribution in [3.05, 3.63) is 0 Å². The van der Waals surface area contributed by atoms with Crippen LogP contribution >= 0.6 is 0 Å². The van der Waals surface area contributed by atoms with Crippen LogP contribution in [-0.4, -0.2) is 44.5 Å². The molecule has 3 N–H and O–H groups in total. The lowest BCUT2D eigenvalue weighted by Crippen LogP contribution is -2.41. The summed E-state index contributed by atoms with van der Waals surface area (Å²) in [6.45, 7) is 2.46. The van der Waals surface area contributed by atoms with E-state index in [0.29, 0.717) is 18.4 Å². The maximum absolute atomic E-state index is 12.3. The molecule has 1 saturated carbocycles. The van der Waals surface area contributed by atoms with Crippen LogP contribution in [-0.2, 0) is 4.79 Å². The fourth-order valence-corrected chi connectivity index (χ4v) is 2.70. The highest BCUT2D eigenvalue weighted by molar-refractivity contribution is 5.79. The molecule has 1 rings (SSSR count). The lowest BCUT2D eigenvalue weighted by Gasteiger charge is -2.32. The molecular formula is C13H27N3O. The van der Waals surface area contributed by atoms with Gasteiger partial charge in [-0.05, 0) is 45.3 Å². The predicted octanol–water partition coefficient (Wildman–Crippen LogP) is 0.819. The van der Waals surface area contributed by atoms with Crippen molar-refractivity contribution in [1.82, 2.24) is 10.2 Å². The standard InChI is InChI=1S/C13H27N3O/c1-15-8-5-9-16(2)13(17)12-7-4-3-6-11(12)10-14/h11-12,15H,3-10,14H2,1-2H3. The van der Waals surface area contributed by atoms with Gasteiger partial charge in [0.05, 0.1) is 0 Å². The number of hydrogen-bond donors (Lipinski definition) is 2. The van der Waals surface area contributed by atoms with Crippen molar-refractivity contribution in [3.63, 3.8) is 0 Å². The molecule has 0 radical (unpaired) electrons. The molecule has 0 spiro atoms. The van der Waals surface area contributed by atoms with Gasteiger partial charge in [-0.15, -0.1) is 0 Å². The van der Waals surface area contributed by atoms with Gasteiger partial charge in [0.15, 0.2) is 0 Å². The zero-order valence-electron chi connectivity index (χ0n) is 11.2. The van der Waals surface area contributed by atoms with Crippen LogP contribution in [0.4, 0.5) is 0 Å². The Morgan fingerprint density at radius 3 is 2.76 bits per heavy atom. The van der Waals surface area contributed by atoms with Crippen LogP contribution < -0.4 is 11.1 Å². The fraction of sp³-hybridized carbons (Fsp3) is 0.923. The van der Waals surface area contributed by atoms with Crippen LogP contribution in [0.1, 0.15) is 32.1 Å². The lowest BCUT2D eigenvalue weighted by molar-refractivity contribution is -0.137. The molecule has 0 aromatic rings. The molecule has 1 amide bonds. The van der Waals surface area contributed by atoms with E-state index in [1.165, 1.54) is 12.8 Å². The van der Waals surface area contributed by atoms with Crippen molar-refractivity contribution in [3.8, 4) is 0 Å². The molecule has 17 heavy (non-hydrogen) atoms. The third kappa shape index (κ3) is 4.28. The van der Waals surface area contributed by atoms with Crippen LogP contribution in [0.2, 0.25) is 0 Å². The molecule has 0 bridgehead atoms. The van der Waals surface area contributed by atoms with Crippen LogP contribution in [0.3, 0.4) is 0 Å². The first-order chi connectivity index (χ1) is 8.20. The quantitative estimate of drug-likeness (QED) is 0.677. The smallest absolute Gasteiger partial charge is 0.225 e. The molecule has 0 saturated heterocycles. The molecule has 0 aromatic heterocycles. The normalized spacial score (nSPS) is 24.6. The van der Waals surface area contributed by atoms with E-state index in [4.69, 9.17) is 5.73 Å². The highest BCUT2D eigenvalue weighted by Gasteiger charge is 2.31. The van der Waals surface area contributed by atoms with Gasteiger partial charge in [0.1, 0.15) is 0 Å². The monoisotopic (exact) mass is 241 g/mol. The van der Waals surface area contributed by atoms with Gasteiger partial charge in [-0.2, -0.15) is 0 Å². The van der Waals surface area contributed by atoms with Gasteiger partial charge >= 0.3 is 0 Å². The summed E-state index contributed by atoms with van der Waals surface area (Å²) in [6, 6.07) is 0. The molecule has 0 aliphatic heterocycles. The summed E-state index contributed by atoms with van der Waals surface area (Å²) in [7, 11) is 3.85. The summed E-state index contributed by atoms with van der Waals surface area (Å²) < 4.78 is 0. The number of carbonyl (C=O) groups is 1. The molecule has 2 unspecified atom stereocenters. The van der Waals surface area contributed by atoms with Crippen LogP contribution in [0.5, 0.6) is 0 Å². The number of nitrogens with one attached hydrogen (secondary N) is 1. The minimum atomic E-state index is 0.174. The average Bonchev–Trinajstić information content (AvgIpc) is 2.38. The van der Waals surface area contributed by atoms with E-state index in [2.05, 4.69) is 5.32 Å². The Morgan fingerprint density at radius 2 is 2.12 bits per heavy atom. The molecule has 4 nitrogen and oxygen atoms in total. The van der Waals surface area contributed by atoms with E-state index >= 15 is 0 Å². The maximum Gasteiger partial charge on any atom is 0.225 e. The maximum atomic E-state index is 12.3. The van der Waals surface area contributed by atoms with Gasteiger partial charge in [0.25, 0.3) is 0 Å². The van der Waals surface area contributed by atoms with Crippen molar-refractivity contribution in [2.45, 2.75) is 32.1 Å². The molecular weight excluding hydrogens is 214 g/mol. The van der Waals surface area contributed by atoms with Crippen molar-refractivity contribution in [1.29, 1.82) is 0 Å². The van der Waals surface area contributed by atoms with Crippen molar-refractivity contribution in [2.75, 3.05) is 33.7 Å². The number of rotatable bonds is 6. The Morgan fingerprint density at radius 1 is 1.41 bits per heavy atom. The number of nitrogens with zero attached hydrogens (tertiary/aromatic N) is 1. The van der Waals surface area contributed by atoms with Gasteiger partial charge in [-0.3, -0.25) is 4.79 Å². The summed E-state index contributed by atoms with van der Waals surface area (Å²) in [5.74, 6) is 0.882. The van der Waals surface area contributed by atoms with Gasteiger partial charge in [0, 0.05) is 19.5 Å². The second kappa shape index (κ2) is 7.67. The average molecular weight is 241 g/mol. The Labute approximate surface area is 105 Å². The summed E-state index contributed by atoms with van der Waals surface area (Å²) in [6.07, 6.45) is 5.57. The first-order valence-electron chi connectivity index (χ1n) is 6.80. The van der Waals surface area contributed by atoms with Crippen LogP contribution in [0.25, 0.3) is 0 Å². The Kier molecular flexibility index (Phi) is 6.52. The second-order valence-electron chi connectivity index (χ2n) is 5.10. The summed E-state index contributed by atoms with van der Waals surface area (Å²) in [4.78, 5) is 14.2. The third-order valence-electron chi connectivity index (χ3n) is 3.83. The Balaban J connectivity index is 2.43. The summed E-state index contributed by atoms with van der Waals surface area (Å²) in [5.41, 5.74) is 5.77. The summed E-state index contributed by atoms with van der Waals surface area (Å²) in [5, 5.41) is 3.10. The minimum absolute atomic E-state index is 0.174. The van der Waals surface area contributed by atoms with Gasteiger partial charge in [-0.25, -0.2) is 0 Å². The summed E-state index contributed by atoms with van der Waals surface area (Å²) >= 11 is 0. The molecule has 100 valence electrons. The lowest BCUT2D eigenvalue weighted by atomic mass is 9.78. The Hall–Kier alpha value is -0.610. The number of carbonyl (C=O) groups excluding carboxylic acids is 1. The SMILES string of the molecule is CNCCCN(C)C(=O)C1CCCCC1CN. The van der Waals surface area contributed by atoms with Crippen LogP contribution in [0, 0.1) is 11.8 Å². The second-order valence-corrected chi connectivity index (χ2v) is 5.10. The first-order valence-corrected chi connectivity index (χ1v) is 6.80. The highest BCUT2D eigenvalue weighted by Crippen LogP contribution is 2.30. The van der Waals surface area contributed by atoms with Crippen molar-refractivity contribution < 1.29 is 4.79 Å². The van der Waals surface area contributed by atoms with E-state index in [1.54, 1.807) is 0 Å². The minimum Gasteiger partial charge on any atom is -0.345 e. The van der Waals surface area contributed by atoms with E-state index < -0.39 is 0 Å². The van der Waals surface area contributed by atoms with Gasteiger partial charge in [0.2, 0.25) is 5.91 Å². The fourth-order valence-electron chi connectivity index (χ4n) is 2.70. The van der Waals surface area contributed by atoms with Gasteiger partial charge < -0.3 is 16.0 Å². The molecule has 4 heteroatoms. The van der Waals surface area contributed by atoms with Crippen LogP contribution in [0.15, 0.2) is 0 Å². The predicted molar refractivity (Wildman–Crippen MR) is 70.7 cm³/mol.